The van der Waals surface area contributed by atoms with E-state index in [1.54, 1.807) is 0 Å². The summed E-state index contributed by atoms with van der Waals surface area (Å²) in [6, 6.07) is 2.62. The highest BCUT2D eigenvalue weighted by molar-refractivity contribution is 5.05. The summed E-state index contributed by atoms with van der Waals surface area (Å²) in [5, 5.41) is 12.3. The van der Waals surface area contributed by atoms with E-state index in [-0.39, 0.29) is 6.10 Å². The van der Waals surface area contributed by atoms with Crippen LogP contribution in [0.25, 0.3) is 0 Å². The zero-order chi connectivity index (χ0) is 11.2. The average molecular weight is 198 g/mol. The van der Waals surface area contributed by atoms with Gasteiger partial charge in [-0.2, -0.15) is 5.26 Å². The summed E-state index contributed by atoms with van der Waals surface area (Å²) in [6.45, 7) is 10.7. The first-order valence-corrected chi connectivity index (χ1v) is 5.24. The number of ether oxygens (including phenoxy) is 1. The van der Waals surface area contributed by atoms with E-state index in [0.717, 1.165) is 6.42 Å². The molecule has 0 bridgehead atoms. The molecule has 0 fully saturated rings. The fraction of sp³-hybridized carbons (Fsp3) is 0.909. The Hall–Kier alpha value is -0.590. The lowest BCUT2D eigenvalue weighted by Gasteiger charge is -2.28. The normalized spacial score (nSPS) is 17.5. The van der Waals surface area contributed by atoms with E-state index in [1.807, 2.05) is 34.6 Å². The van der Waals surface area contributed by atoms with Gasteiger partial charge in [0.2, 0.25) is 0 Å². The Balaban J connectivity index is 4.19. The molecule has 3 heteroatoms. The maximum Gasteiger partial charge on any atom is 0.106 e. The Labute approximate surface area is 87.4 Å². The molecular weight excluding hydrogens is 176 g/mol. The molecule has 0 aromatic rings. The summed E-state index contributed by atoms with van der Waals surface area (Å²) in [4.78, 5) is 0. The highest BCUT2D eigenvalue weighted by atomic mass is 16.5. The second-order valence-corrected chi connectivity index (χ2v) is 4.21. The first-order chi connectivity index (χ1) is 6.43. The zero-order valence-electron chi connectivity index (χ0n) is 9.92. The summed E-state index contributed by atoms with van der Waals surface area (Å²) in [7, 11) is 0. The van der Waals surface area contributed by atoms with Crippen LogP contribution in [0.4, 0.5) is 0 Å². The molecule has 0 spiro atoms. The fourth-order valence-corrected chi connectivity index (χ4v) is 1.69. The largest absolute Gasteiger partial charge is 0.379 e. The van der Waals surface area contributed by atoms with Crippen molar-refractivity contribution in [3.8, 4) is 6.07 Å². The van der Waals surface area contributed by atoms with Crippen molar-refractivity contribution < 1.29 is 4.74 Å². The standard InChI is InChI=1S/C11H22N2O/c1-6-14-10(4)7-11(5,8-12)13-9(2)3/h9-10,13H,6-7H2,1-5H3. The van der Waals surface area contributed by atoms with Crippen molar-refractivity contribution in [1.29, 1.82) is 5.26 Å². The molecule has 0 aliphatic rings. The quantitative estimate of drug-likeness (QED) is 0.710. The first kappa shape index (κ1) is 13.4. The van der Waals surface area contributed by atoms with Crippen molar-refractivity contribution in [2.75, 3.05) is 6.61 Å². The molecule has 0 aromatic heterocycles. The van der Waals surface area contributed by atoms with Gasteiger partial charge in [0.25, 0.3) is 0 Å². The highest BCUT2D eigenvalue weighted by Crippen LogP contribution is 2.14. The van der Waals surface area contributed by atoms with Crippen LogP contribution >= 0.6 is 0 Å². The van der Waals surface area contributed by atoms with Crippen molar-refractivity contribution in [1.82, 2.24) is 5.32 Å². The lowest BCUT2D eigenvalue weighted by Crippen LogP contribution is -2.47. The number of nitriles is 1. The van der Waals surface area contributed by atoms with Crippen molar-refractivity contribution in [2.45, 2.75) is 58.7 Å². The predicted molar refractivity (Wildman–Crippen MR) is 58.0 cm³/mol. The monoisotopic (exact) mass is 198 g/mol. The minimum atomic E-state index is -0.483. The number of hydrogen-bond donors (Lipinski definition) is 1. The van der Waals surface area contributed by atoms with Gasteiger partial charge in [-0.1, -0.05) is 0 Å². The third-order valence-electron chi connectivity index (χ3n) is 2.00. The molecule has 82 valence electrons. The SMILES string of the molecule is CCOC(C)CC(C)(C#N)NC(C)C. The van der Waals surface area contributed by atoms with Gasteiger partial charge in [0.1, 0.15) is 5.54 Å². The Kier molecular flexibility index (Phi) is 5.75. The van der Waals surface area contributed by atoms with E-state index in [1.165, 1.54) is 0 Å². The zero-order valence-corrected chi connectivity index (χ0v) is 9.92. The number of nitrogens with zero attached hydrogens (tertiary/aromatic N) is 1. The van der Waals surface area contributed by atoms with Crippen LogP contribution in [0.3, 0.4) is 0 Å². The summed E-state index contributed by atoms with van der Waals surface area (Å²) >= 11 is 0. The molecule has 0 radical (unpaired) electrons. The minimum Gasteiger partial charge on any atom is -0.379 e. The van der Waals surface area contributed by atoms with Gasteiger partial charge in [0, 0.05) is 19.1 Å². The molecule has 0 aromatic carbocycles. The Morgan fingerprint density at radius 1 is 1.43 bits per heavy atom. The van der Waals surface area contributed by atoms with Gasteiger partial charge in [-0.3, -0.25) is 5.32 Å². The van der Waals surface area contributed by atoms with Gasteiger partial charge in [-0.25, -0.2) is 0 Å². The maximum absolute atomic E-state index is 9.08. The fourth-order valence-electron chi connectivity index (χ4n) is 1.69. The van der Waals surface area contributed by atoms with E-state index >= 15 is 0 Å². The summed E-state index contributed by atoms with van der Waals surface area (Å²) in [5.74, 6) is 0. The Morgan fingerprint density at radius 2 is 2.00 bits per heavy atom. The van der Waals surface area contributed by atoms with Gasteiger partial charge < -0.3 is 4.74 Å². The Morgan fingerprint density at radius 3 is 2.36 bits per heavy atom. The summed E-state index contributed by atoms with van der Waals surface area (Å²) in [5.41, 5.74) is -0.483. The molecule has 0 saturated heterocycles. The molecule has 0 rings (SSSR count). The predicted octanol–water partition coefficient (Wildman–Crippen LogP) is 2.08. The molecular formula is C11H22N2O. The highest BCUT2D eigenvalue weighted by Gasteiger charge is 2.26. The molecule has 0 aliphatic heterocycles. The Bertz CT molecular complexity index is 198. The molecule has 3 nitrogen and oxygen atoms in total. The van der Waals surface area contributed by atoms with Crippen molar-refractivity contribution in [3.05, 3.63) is 0 Å². The van der Waals surface area contributed by atoms with E-state index in [4.69, 9.17) is 10.00 Å². The molecule has 14 heavy (non-hydrogen) atoms. The third kappa shape index (κ3) is 5.21. The lowest BCUT2D eigenvalue weighted by atomic mass is 9.95. The average Bonchev–Trinajstić information content (AvgIpc) is 2.02. The van der Waals surface area contributed by atoms with Gasteiger partial charge in [-0.05, 0) is 34.6 Å². The van der Waals surface area contributed by atoms with Gasteiger partial charge >= 0.3 is 0 Å². The topological polar surface area (TPSA) is 45.0 Å². The van der Waals surface area contributed by atoms with Crippen molar-refractivity contribution >= 4 is 0 Å². The minimum absolute atomic E-state index is 0.121. The van der Waals surface area contributed by atoms with Gasteiger partial charge in [0.15, 0.2) is 0 Å². The van der Waals surface area contributed by atoms with Crippen LogP contribution < -0.4 is 5.32 Å². The molecule has 0 aliphatic carbocycles. The van der Waals surface area contributed by atoms with Crippen molar-refractivity contribution in [2.24, 2.45) is 0 Å². The number of rotatable bonds is 6. The van der Waals surface area contributed by atoms with Crippen LogP contribution in [0.5, 0.6) is 0 Å². The molecule has 0 amide bonds. The van der Waals surface area contributed by atoms with Gasteiger partial charge in [0.05, 0.1) is 12.2 Å². The van der Waals surface area contributed by atoms with Crippen LogP contribution in [-0.4, -0.2) is 24.3 Å². The lowest BCUT2D eigenvalue weighted by molar-refractivity contribution is 0.0557. The summed E-state index contributed by atoms with van der Waals surface area (Å²) in [6.07, 6.45) is 0.839. The number of nitrogens with one attached hydrogen (secondary N) is 1. The third-order valence-corrected chi connectivity index (χ3v) is 2.00. The van der Waals surface area contributed by atoms with E-state index < -0.39 is 5.54 Å². The second-order valence-electron chi connectivity index (χ2n) is 4.21. The molecule has 0 saturated carbocycles. The molecule has 2 unspecified atom stereocenters. The smallest absolute Gasteiger partial charge is 0.106 e. The van der Waals surface area contributed by atoms with E-state index in [9.17, 15) is 0 Å². The van der Waals surface area contributed by atoms with Crippen molar-refractivity contribution in [3.63, 3.8) is 0 Å². The number of hydrogen-bond acceptors (Lipinski definition) is 3. The summed E-state index contributed by atoms with van der Waals surface area (Å²) < 4.78 is 5.43. The van der Waals surface area contributed by atoms with E-state index in [2.05, 4.69) is 11.4 Å². The van der Waals surface area contributed by atoms with Crippen LogP contribution in [0.2, 0.25) is 0 Å². The first-order valence-electron chi connectivity index (χ1n) is 5.24. The van der Waals surface area contributed by atoms with Crippen LogP contribution in [0.1, 0.15) is 41.0 Å². The van der Waals surface area contributed by atoms with Crippen LogP contribution in [0.15, 0.2) is 0 Å². The molecule has 0 heterocycles. The maximum atomic E-state index is 9.08. The van der Waals surface area contributed by atoms with Crippen LogP contribution in [0, 0.1) is 11.3 Å². The second kappa shape index (κ2) is 6.00. The molecule has 1 N–H and O–H groups in total. The molecule has 2 atom stereocenters. The van der Waals surface area contributed by atoms with Crippen LogP contribution in [-0.2, 0) is 4.74 Å². The van der Waals surface area contributed by atoms with Gasteiger partial charge in [-0.15, -0.1) is 0 Å². The van der Waals surface area contributed by atoms with E-state index in [0.29, 0.717) is 12.6 Å².